The van der Waals surface area contributed by atoms with Crippen LogP contribution in [-0.4, -0.2) is 25.1 Å². The topological polar surface area (TPSA) is 28.2 Å². The van der Waals surface area contributed by atoms with E-state index in [-0.39, 0.29) is 5.41 Å². The fraction of sp³-hybridized carbons (Fsp3) is 0.824. The van der Waals surface area contributed by atoms with Crippen LogP contribution in [0.3, 0.4) is 0 Å². The molecule has 0 atom stereocenters. The molecule has 1 N–H and O–H groups in total. The van der Waals surface area contributed by atoms with Crippen molar-refractivity contribution in [2.45, 2.75) is 59.4 Å². The Bertz CT molecular complexity index is 451. The number of nitrogens with one attached hydrogen (secondary N) is 1. The van der Waals surface area contributed by atoms with Gasteiger partial charge >= 0.3 is 0 Å². The first-order chi connectivity index (χ1) is 9.82. The fourth-order valence-corrected chi connectivity index (χ4v) is 4.43. The minimum atomic E-state index is 0.122. The highest BCUT2D eigenvalue weighted by molar-refractivity contribution is 7.15. The Labute approximate surface area is 134 Å². The van der Waals surface area contributed by atoms with Gasteiger partial charge in [-0.15, -0.1) is 11.3 Å². The fourth-order valence-electron chi connectivity index (χ4n) is 3.10. The van der Waals surface area contributed by atoms with Gasteiger partial charge in [0.05, 0.1) is 5.69 Å². The van der Waals surface area contributed by atoms with Crippen LogP contribution in [0.1, 0.15) is 58.0 Å². The molecule has 2 heterocycles. The van der Waals surface area contributed by atoms with Gasteiger partial charge in [-0.05, 0) is 31.7 Å². The van der Waals surface area contributed by atoms with Crippen LogP contribution in [0, 0.1) is 11.8 Å². The largest absolute Gasteiger partial charge is 0.348 e. The SMILES string of the molecule is CNCc1sc(N2CCC(C(C)C)CC2)nc1C(C)(C)C. The van der Waals surface area contributed by atoms with Crippen LogP contribution in [0.4, 0.5) is 5.13 Å². The normalized spacial score (nSPS) is 17.8. The molecule has 0 amide bonds. The van der Waals surface area contributed by atoms with Gasteiger partial charge in [0.1, 0.15) is 0 Å². The van der Waals surface area contributed by atoms with E-state index in [1.165, 1.54) is 41.6 Å². The van der Waals surface area contributed by atoms with Gasteiger partial charge in [-0.2, -0.15) is 0 Å². The molecule has 4 heteroatoms. The zero-order valence-corrected chi connectivity index (χ0v) is 15.3. The summed E-state index contributed by atoms with van der Waals surface area (Å²) >= 11 is 1.88. The Morgan fingerprint density at radius 3 is 2.38 bits per heavy atom. The van der Waals surface area contributed by atoms with E-state index in [1.807, 2.05) is 18.4 Å². The van der Waals surface area contributed by atoms with Crippen molar-refractivity contribution in [2.75, 3.05) is 25.0 Å². The van der Waals surface area contributed by atoms with E-state index >= 15 is 0 Å². The summed E-state index contributed by atoms with van der Waals surface area (Å²) in [5.74, 6) is 1.70. The maximum absolute atomic E-state index is 5.00. The molecule has 0 bridgehead atoms. The average molecular weight is 310 g/mol. The van der Waals surface area contributed by atoms with E-state index in [4.69, 9.17) is 4.98 Å². The van der Waals surface area contributed by atoms with Gasteiger partial charge in [-0.1, -0.05) is 34.6 Å². The zero-order chi connectivity index (χ0) is 15.6. The maximum atomic E-state index is 5.00. The first-order valence-electron chi connectivity index (χ1n) is 8.22. The Morgan fingerprint density at radius 2 is 1.90 bits per heavy atom. The van der Waals surface area contributed by atoms with Crippen molar-refractivity contribution in [2.24, 2.45) is 11.8 Å². The predicted octanol–water partition coefficient (Wildman–Crippen LogP) is 4.03. The summed E-state index contributed by atoms with van der Waals surface area (Å²) in [5.41, 5.74) is 1.39. The Hall–Kier alpha value is -0.610. The summed E-state index contributed by atoms with van der Waals surface area (Å²) in [7, 11) is 2.01. The summed E-state index contributed by atoms with van der Waals surface area (Å²) < 4.78 is 0. The number of aromatic nitrogens is 1. The van der Waals surface area contributed by atoms with Crippen molar-refractivity contribution in [3.63, 3.8) is 0 Å². The number of anilines is 1. The molecule has 0 aliphatic carbocycles. The molecule has 0 radical (unpaired) electrons. The Kier molecular flexibility index (Phi) is 5.31. The molecule has 1 fully saturated rings. The van der Waals surface area contributed by atoms with Crippen molar-refractivity contribution in [1.82, 2.24) is 10.3 Å². The van der Waals surface area contributed by atoms with Crippen molar-refractivity contribution < 1.29 is 0 Å². The third kappa shape index (κ3) is 3.98. The van der Waals surface area contributed by atoms with Crippen molar-refractivity contribution in [3.8, 4) is 0 Å². The van der Waals surface area contributed by atoms with E-state index in [1.54, 1.807) is 0 Å². The van der Waals surface area contributed by atoms with Gasteiger partial charge in [0.15, 0.2) is 5.13 Å². The molecule has 0 saturated carbocycles. The lowest BCUT2D eigenvalue weighted by atomic mass is 9.87. The Morgan fingerprint density at radius 1 is 1.29 bits per heavy atom. The summed E-state index contributed by atoms with van der Waals surface area (Å²) in [4.78, 5) is 8.89. The molecule has 1 aliphatic rings. The molecule has 0 unspecified atom stereocenters. The molecule has 120 valence electrons. The summed E-state index contributed by atoms with van der Waals surface area (Å²) in [6.07, 6.45) is 2.62. The van der Waals surface area contributed by atoms with Crippen LogP contribution in [0.5, 0.6) is 0 Å². The van der Waals surface area contributed by atoms with Crippen LogP contribution >= 0.6 is 11.3 Å². The lowest BCUT2D eigenvalue weighted by Crippen LogP contribution is -2.35. The Balaban J connectivity index is 2.14. The number of hydrogen-bond donors (Lipinski definition) is 1. The summed E-state index contributed by atoms with van der Waals surface area (Å²) in [6, 6.07) is 0. The molecule has 21 heavy (non-hydrogen) atoms. The number of hydrogen-bond acceptors (Lipinski definition) is 4. The molecule has 2 rings (SSSR count). The van der Waals surface area contributed by atoms with Gasteiger partial charge in [-0.3, -0.25) is 0 Å². The molecular formula is C17H31N3S. The summed E-state index contributed by atoms with van der Waals surface area (Å²) in [5, 5.41) is 4.52. The summed E-state index contributed by atoms with van der Waals surface area (Å²) in [6.45, 7) is 14.7. The third-order valence-electron chi connectivity index (χ3n) is 4.49. The van der Waals surface area contributed by atoms with Crippen LogP contribution in [-0.2, 0) is 12.0 Å². The van der Waals surface area contributed by atoms with Crippen LogP contribution in [0.25, 0.3) is 0 Å². The van der Waals surface area contributed by atoms with Gasteiger partial charge < -0.3 is 10.2 Å². The van der Waals surface area contributed by atoms with E-state index in [0.29, 0.717) is 0 Å². The molecule has 1 aromatic rings. The average Bonchev–Trinajstić information content (AvgIpc) is 2.83. The van der Waals surface area contributed by atoms with E-state index in [2.05, 4.69) is 44.8 Å². The van der Waals surface area contributed by atoms with Crippen molar-refractivity contribution >= 4 is 16.5 Å². The monoisotopic (exact) mass is 309 g/mol. The third-order valence-corrected chi connectivity index (χ3v) is 5.60. The molecule has 1 aliphatic heterocycles. The lowest BCUT2D eigenvalue weighted by molar-refractivity contribution is 0.311. The van der Waals surface area contributed by atoms with Gasteiger partial charge in [0, 0.05) is 29.9 Å². The van der Waals surface area contributed by atoms with Gasteiger partial charge in [0.25, 0.3) is 0 Å². The second kappa shape index (κ2) is 6.66. The minimum Gasteiger partial charge on any atom is -0.348 e. The highest BCUT2D eigenvalue weighted by atomic mass is 32.1. The highest BCUT2D eigenvalue weighted by Gasteiger charge is 2.27. The predicted molar refractivity (Wildman–Crippen MR) is 93.4 cm³/mol. The first kappa shape index (κ1) is 16.8. The standard InChI is InChI=1S/C17H31N3S/c1-12(2)13-7-9-20(10-8-13)16-19-15(17(3,4)5)14(21-16)11-18-6/h12-13,18H,7-11H2,1-6H3. The number of rotatable bonds is 4. The maximum Gasteiger partial charge on any atom is 0.185 e. The minimum absolute atomic E-state index is 0.122. The highest BCUT2D eigenvalue weighted by Crippen LogP contribution is 2.36. The van der Waals surface area contributed by atoms with E-state index < -0.39 is 0 Å². The second-order valence-corrected chi connectivity index (χ2v) is 8.68. The van der Waals surface area contributed by atoms with Crippen LogP contribution < -0.4 is 10.2 Å². The van der Waals surface area contributed by atoms with E-state index in [9.17, 15) is 0 Å². The second-order valence-electron chi connectivity index (χ2n) is 7.62. The van der Waals surface area contributed by atoms with Gasteiger partial charge in [-0.25, -0.2) is 4.98 Å². The quantitative estimate of drug-likeness (QED) is 0.910. The van der Waals surface area contributed by atoms with Crippen molar-refractivity contribution in [1.29, 1.82) is 0 Å². The molecule has 3 nitrogen and oxygen atoms in total. The number of nitrogens with zero attached hydrogens (tertiary/aromatic N) is 2. The number of piperidine rings is 1. The number of thiazole rings is 1. The van der Waals surface area contributed by atoms with Crippen molar-refractivity contribution in [3.05, 3.63) is 10.6 Å². The van der Waals surface area contributed by atoms with Gasteiger partial charge in [0.2, 0.25) is 0 Å². The van der Waals surface area contributed by atoms with Crippen LogP contribution in [0.15, 0.2) is 0 Å². The van der Waals surface area contributed by atoms with E-state index in [0.717, 1.165) is 18.4 Å². The molecule has 0 spiro atoms. The first-order valence-corrected chi connectivity index (χ1v) is 9.04. The molecule has 0 aromatic carbocycles. The smallest absolute Gasteiger partial charge is 0.185 e. The molecule has 1 saturated heterocycles. The molecular weight excluding hydrogens is 278 g/mol. The van der Waals surface area contributed by atoms with Crippen LogP contribution in [0.2, 0.25) is 0 Å². The lowest BCUT2D eigenvalue weighted by Gasteiger charge is -2.33. The zero-order valence-electron chi connectivity index (χ0n) is 14.5. The molecule has 1 aromatic heterocycles.